The SMILES string of the molecule is CCc1ccc(/C=N\Nc2cccc(C(=O)O)c2)cc1. The number of nitrogens with one attached hydrogen (secondary N) is 1. The number of hydrazone groups is 1. The first-order valence-corrected chi connectivity index (χ1v) is 6.40. The van der Waals surface area contributed by atoms with Crippen LogP contribution in [-0.4, -0.2) is 17.3 Å². The zero-order chi connectivity index (χ0) is 14.4. The van der Waals surface area contributed by atoms with Crippen LogP contribution in [0.4, 0.5) is 5.69 Å². The Kier molecular flexibility index (Phi) is 4.50. The van der Waals surface area contributed by atoms with Gasteiger partial charge in [0.05, 0.1) is 17.5 Å². The lowest BCUT2D eigenvalue weighted by molar-refractivity contribution is 0.0697. The molecule has 20 heavy (non-hydrogen) atoms. The van der Waals surface area contributed by atoms with Crippen molar-refractivity contribution >= 4 is 17.9 Å². The molecule has 0 radical (unpaired) electrons. The van der Waals surface area contributed by atoms with Gasteiger partial charge in [0.2, 0.25) is 0 Å². The van der Waals surface area contributed by atoms with E-state index in [0.29, 0.717) is 5.69 Å². The number of hydrogen-bond acceptors (Lipinski definition) is 3. The number of nitrogens with zero attached hydrogens (tertiary/aromatic N) is 1. The second-order valence-electron chi connectivity index (χ2n) is 4.35. The first-order chi connectivity index (χ1) is 9.69. The third-order valence-corrected chi connectivity index (χ3v) is 2.90. The number of carboxylic acid groups (broad SMARTS) is 1. The van der Waals surface area contributed by atoms with E-state index in [-0.39, 0.29) is 5.56 Å². The van der Waals surface area contributed by atoms with Gasteiger partial charge in [0, 0.05) is 0 Å². The number of carbonyl (C=O) groups is 1. The van der Waals surface area contributed by atoms with E-state index in [2.05, 4.69) is 29.6 Å². The number of carboxylic acids is 1. The van der Waals surface area contributed by atoms with Crippen LogP contribution in [0.3, 0.4) is 0 Å². The van der Waals surface area contributed by atoms with Gasteiger partial charge in [-0.05, 0) is 35.7 Å². The normalized spacial score (nSPS) is 10.7. The number of aromatic carboxylic acids is 1. The van der Waals surface area contributed by atoms with Gasteiger partial charge < -0.3 is 5.11 Å². The number of anilines is 1. The minimum Gasteiger partial charge on any atom is -0.478 e. The molecule has 0 saturated carbocycles. The average molecular weight is 268 g/mol. The Morgan fingerprint density at radius 1 is 1.25 bits per heavy atom. The maximum absolute atomic E-state index is 10.8. The summed E-state index contributed by atoms with van der Waals surface area (Å²) in [4.78, 5) is 10.8. The largest absolute Gasteiger partial charge is 0.478 e. The predicted octanol–water partition coefficient (Wildman–Crippen LogP) is 3.39. The van der Waals surface area contributed by atoms with Crippen molar-refractivity contribution in [3.05, 3.63) is 65.2 Å². The van der Waals surface area contributed by atoms with Crippen LogP contribution in [0.2, 0.25) is 0 Å². The predicted molar refractivity (Wildman–Crippen MR) is 80.4 cm³/mol. The van der Waals surface area contributed by atoms with Gasteiger partial charge in [-0.2, -0.15) is 5.10 Å². The fourth-order valence-electron chi connectivity index (χ4n) is 1.74. The van der Waals surface area contributed by atoms with Crippen molar-refractivity contribution in [2.75, 3.05) is 5.43 Å². The Labute approximate surface area is 117 Å². The van der Waals surface area contributed by atoms with Crippen LogP contribution in [0.25, 0.3) is 0 Å². The molecule has 0 aliphatic rings. The maximum Gasteiger partial charge on any atom is 0.335 e. The topological polar surface area (TPSA) is 61.7 Å². The minimum atomic E-state index is -0.951. The average Bonchev–Trinajstić information content (AvgIpc) is 2.48. The van der Waals surface area contributed by atoms with Gasteiger partial charge in [-0.3, -0.25) is 5.43 Å². The standard InChI is InChI=1S/C16H16N2O2/c1-2-12-6-8-13(9-7-12)11-17-18-15-5-3-4-14(10-15)16(19)20/h3-11,18H,2H2,1H3,(H,19,20)/b17-11-. The quantitative estimate of drug-likeness (QED) is 0.645. The fourth-order valence-corrected chi connectivity index (χ4v) is 1.74. The highest BCUT2D eigenvalue weighted by atomic mass is 16.4. The molecule has 0 spiro atoms. The first kappa shape index (κ1) is 13.8. The Balaban J connectivity index is 2.02. The van der Waals surface area contributed by atoms with Gasteiger partial charge >= 0.3 is 5.97 Å². The van der Waals surface area contributed by atoms with E-state index in [0.717, 1.165) is 12.0 Å². The Morgan fingerprint density at radius 3 is 2.65 bits per heavy atom. The third kappa shape index (κ3) is 3.68. The fraction of sp³-hybridized carbons (Fsp3) is 0.125. The molecule has 0 saturated heterocycles. The van der Waals surface area contributed by atoms with Crippen molar-refractivity contribution in [3.63, 3.8) is 0 Å². The molecule has 4 heteroatoms. The van der Waals surface area contributed by atoms with E-state index in [4.69, 9.17) is 5.11 Å². The van der Waals surface area contributed by atoms with Crippen molar-refractivity contribution in [2.24, 2.45) is 5.10 Å². The summed E-state index contributed by atoms with van der Waals surface area (Å²) < 4.78 is 0. The van der Waals surface area contributed by atoms with E-state index in [1.807, 2.05) is 12.1 Å². The zero-order valence-corrected chi connectivity index (χ0v) is 11.2. The monoisotopic (exact) mass is 268 g/mol. The minimum absolute atomic E-state index is 0.234. The maximum atomic E-state index is 10.8. The molecule has 2 rings (SSSR count). The highest BCUT2D eigenvalue weighted by molar-refractivity contribution is 5.88. The summed E-state index contributed by atoms with van der Waals surface area (Å²) in [6, 6.07) is 14.6. The zero-order valence-electron chi connectivity index (χ0n) is 11.2. The summed E-state index contributed by atoms with van der Waals surface area (Å²) >= 11 is 0. The molecule has 2 N–H and O–H groups in total. The van der Waals surface area contributed by atoms with Gasteiger partial charge in [-0.25, -0.2) is 4.79 Å². The van der Waals surface area contributed by atoms with Gasteiger partial charge in [0.15, 0.2) is 0 Å². The molecule has 0 amide bonds. The summed E-state index contributed by atoms with van der Waals surface area (Å²) in [5.41, 5.74) is 5.97. The molecule has 4 nitrogen and oxygen atoms in total. The van der Waals surface area contributed by atoms with Crippen molar-refractivity contribution in [3.8, 4) is 0 Å². The summed E-state index contributed by atoms with van der Waals surface area (Å²) in [5.74, 6) is -0.951. The van der Waals surface area contributed by atoms with Crippen molar-refractivity contribution < 1.29 is 9.90 Å². The molecule has 0 aromatic heterocycles. The van der Waals surface area contributed by atoms with E-state index >= 15 is 0 Å². The Morgan fingerprint density at radius 2 is 2.00 bits per heavy atom. The Hall–Kier alpha value is -2.62. The van der Waals surface area contributed by atoms with E-state index in [1.54, 1.807) is 30.5 Å². The second-order valence-corrected chi connectivity index (χ2v) is 4.35. The molecule has 2 aromatic carbocycles. The lowest BCUT2D eigenvalue weighted by atomic mass is 10.1. The van der Waals surface area contributed by atoms with Gasteiger partial charge in [0.25, 0.3) is 0 Å². The third-order valence-electron chi connectivity index (χ3n) is 2.90. The van der Waals surface area contributed by atoms with Crippen molar-refractivity contribution in [2.45, 2.75) is 13.3 Å². The van der Waals surface area contributed by atoms with Crippen molar-refractivity contribution in [1.29, 1.82) is 0 Å². The number of rotatable bonds is 5. The van der Waals surface area contributed by atoms with Crippen molar-refractivity contribution in [1.82, 2.24) is 0 Å². The highest BCUT2D eigenvalue weighted by Gasteiger charge is 2.01. The van der Waals surface area contributed by atoms with Crippen LogP contribution in [0, 0.1) is 0 Å². The molecule has 0 atom stereocenters. The molecular weight excluding hydrogens is 252 g/mol. The summed E-state index contributed by atoms with van der Waals surface area (Å²) in [6.07, 6.45) is 2.71. The molecule has 102 valence electrons. The van der Waals surface area contributed by atoms with E-state index in [9.17, 15) is 4.79 Å². The van der Waals surface area contributed by atoms with Crippen LogP contribution >= 0.6 is 0 Å². The number of aryl methyl sites for hydroxylation is 1. The number of hydrogen-bond donors (Lipinski definition) is 2. The highest BCUT2D eigenvalue weighted by Crippen LogP contribution is 2.10. The molecule has 2 aromatic rings. The molecule has 0 heterocycles. The van der Waals surface area contributed by atoms with Crippen LogP contribution in [0.5, 0.6) is 0 Å². The van der Waals surface area contributed by atoms with E-state index in [1.165, 1.54) is 5.56 Å². The first-order valence-electron chi connectivity index (χ1n) is 6.40. The lowest BCUT2D eigenvalue weighted by Gasteiger charge is -2.01. The summed E-state index contributed by atoms with van der Waals surface area (Å²) in [6.45, 7) is 2.11. The summed E-state index contributed by atoms with van der Waals surface area (Å²) in [7, 11) is 0. The van der Waals surface area contributed by atoms with Crippen LogP contribution < -0.4 is 5.43 Å². The molecule has 0 fully saturated rings. The van der Waals surface area contributed by atoms with E-state index < -0.39 is 5.97 Å². The van der Waals surface area contributed by atoms with Gasteiger partial charge in [-0.1, -0.05) is 37.3 Å². The van der Waals surface area contributed by atoms with Gasteiger partial charge in [-0.15, -0.1) is 0 Å². The second kappa shape index (κ2) is 6.52. The van der Waals surface area contributed by atoms with Crippen LogP contribution in [0.1, 0.15) is 28.4 Å². The summed E-state index contributed by atoms with van der Waals surface area (Å²) in [5, 5.41) is 13.0. The van der Waals surface area contributed by atoms with Crippen LogP contribution in [0.15, 0.2) is 53.6 Å². The molecular formula is C16H16N2O2. The van der Waals surface area contributed by atoms with Gasteiger partial charge in [0.1, 0.15) is 0 Å². The molecule has 0 unspecified atom stereocenters. The van der Waals surface area contributed by atoms with Crippen LogP contribution in [-0.2, 0) is 6.42 Å². The number of benzene rings is 2. The molecule has 0 aliphatic heterocycles. The molecule has 0 bridgehead atoms. The Bertz CT molecular complexity index is 619. The lowest BCUT2D eigenvalue weighted by Crippen LogP contribution is -1.97. The molecule has 0 aliphatic carbocycles. The smallest absolute Gasteiger partial charge is 0.335 e.